The predicted molar refractivity (Wildman–Crippen MR) is 95.5 cm³/mol. The lowest BCUT2D eigenvalue weighted by Crippen LogP contribution is -2.37. The van der Waals surface area contributed by atoms with Crippen LogP contribution in [0.1, 0.15) is 17.5 Å². The molecule has 0 atom stereocenters. The number of aryl methyl sites for hydroxylation is 2. The molecule has 0 spiro atoms. The Labute approximate surface area is 147 Å². The Morgan fingerprint density at radius 1 is 1.20 bits per heavy atom. The molecule has 132 valence electrons. The van der Waals surface area contributed by atoms with E-state index in [1.807, 2.05) is 0 Å². The summed E-state index contributed by atoms with van der Waals surface area (Å²) in [5.74, 6) is 0.660. The Morgan fingerprint density at radius 2 is 1.92 bits per heavy atom. The third-order valence-corrected chi connectivity index (χ3v) is 4.13. The van der Waals surface area contributed by atoms with Gasteiger partial charge >= 0.3 is 0 Å². The first-order valence-electron chi connectivity index (χ1n) is 8.20. The van der Waals surface area contributed by atoms with Gasteiger partial charge in [0.25, 0.3) is 0 Å². The highest BCUT2D eigenvalue weighted by molar-refractivity contribution is 5.93. The summed E-state index contributed by atoms with van der Waals surface area (Å²) in [5, 5.41) is 2.72. The Morgan fingerprint density at radius 3 is 2.60 bits per heavy atom. The molecule has 1 aliphatic rings. The number of nitrogens with zero attached hydrogens (tertiary/aromatic N) is 3. The van der Waals surface area contributed by atoms with E-state index in [4.69, 9.17) is 9.47 Å². The Hall–Kier alpha value is -2.83. The zero-order valence-corrected chi connectivity index (χ0v) is 14.7. The maximum absolute atomic E-state index is 12.4. The van der Waals surface area contributed by atoms with Crippen LogP contribution in [0.3, 0.4) is 0 Å². The molecule has 0 saturated carbocycles. The van der Waals surface area contributed by atoms with Crippen molar-refractivity contribution in [2.75, 3.05) is 37.5 Å². The third-order valence-electron chi connectivity index (χ3n) is 4.13. The van der Waals surface area contributed by atoms with Gasteiger partial charge in [0.1, 0.15) is 0 Å². The summed E-state index contributed by atoms with van der Waals surface area (Å²) in [6, 6.07) is 7.90. The molecule has 3 rings (SSSR count). The van der Waals surface area contributed by atoms with Crippen molar-refractivity contribution in [1.29, 1.82) is 0 Å². The second-order valence-electron chi connectivity index (χ2n) is 5.98. The van der Waals surface area contributed by atoms with E-state index >= 15 is 0 Å². The number of nitrogens with one attached hydrogen (secondary N) is 1. The highest BCUT2D eigenvalue weighted by atomic mass is 16.5. The molecule has 0 radical (unpaired) electrons. The van der Waals surface area contributed by atoms with E-state index in [0.29, 0.717) is 11.8 Å². The van der Waals surface area contributed by atoms with E-state index in [-0.39, 0.29) is 18.4 Å². The Kier molecular flexibility index (Phi) is 5.02. The molecule has 0 unspecified atom stereocenters. The van der Waals surface area contributed by atoms with Crippen LogP contribution in [0, 0.1) is 6.92 Å². The number of anilines is 2. The summed E-state index contributed by atoms with van der Waals surface area (Å²) < 4.78 is 10.2. The summed E-state index contributed by atoms with van der Waals surface area (Å²) in [7, 11) is 3.00. The fourth-order valence-corrected chi connectivity index (χ4v) is 2.97. The van der Waals surface area contributed by atoms with Crippen LogP contribution in [0.25, 0.3) is 0 Å². The van der Waals surface area contributed by atoms with Gasteiger partial charge in [-0.1, -0.05) is 17.7 Å². The molecule has 2 aromatic rings. The minimum absolute atomic E-state index is 0.169. The smallest absolute Gasteiger partial charge is 0.246 e. The lowest BCUT2D eigenvalue weighted by atomic mass is 9.99. The molecule has 1 aromatic carbocycles. The van der Waals surface area contributed by atoms with Crippen molar-refractivity contribution in [3.63, 3.8) is 0 Å². The van der Waals surface area contributed by atoms with Crippen molar-refractivity contribution in [3.8, 4) is 11.8 Å². The number of benzene rings is 1. The lowest BCUT2D eigenvalue weighted by Gasteiger charge is -2.30. The van der Waals surface area contributed by atoms with Gasteiger partial charge in [-0.25, -0.2) is 0 Å². The minimum atomic E-state index is -0.177. The highest BCUT2D eigenvalue weighted by Crippen LogP contribution is 2.27. The van der Waals surface area contributed by atoms with Crippen molar-refractivity contribution in [2.24, 2.45) is 0 Å². The van der Waals surface area contributed by atoms with Crippen LogP contribution in [0.15, 0.2) is 24.3 Å². The molecular weight excluding hydrogens is 320 g/mol. The Bertz CT molecular complexity index is 757. The molecule has 0 fully saturated rings. The number of amides is 1. The van der Waals surface area contributed by atoms with Gasteiger partial charge in [0, 0.05) is 12.2 Å². The van der Waals surface area contributed by atoms with Crippen molar-refractivity contribution in [2.45, 2.75) is 19.8 Å². The van der Waals surface area contributed by atoms with Gasteiger partial charge in [0.05, 0.1) is 26.8 Å². The van der Waals surface area contributed by atoms with Crippen LogP contribution in [-0.2, 0) is 11.2 Å². The average molecular weight is 342 g/mol. The fraction of sp³-hybridized carbons (Fsp3) is 0.389. The van der Waals surface area contributed by atoms with Gasteiger partial charge in [-0.3, -0.25) is 10.1 Å². The van der Waals surface area contributed by atoms with E-state index in [1.165, 1.54) is 25.3 Å². The molecule has 0 aliphatic carbocycles. The van der Waals surface area contributed by atoms with E-state index < -0.39 is 0 Å². The van der Waals surface area contributed by atoms with E-state index in [9.17, 15) is 4.79 Å². The molecule has 1 aromatic heterocycles. The first-order chi connectivity index (χ1) is 12.1. The molecule has 1 amide bonds. The number of hydrogen-bond donors (Lipinski definition) is 1. The molecule has 1 aliphatic heterocycles. The third kappa shape index (κ3) is 3.99. The molecule has 2 heterocycles. The monoisotopic (exact) mass is 342 g/mol. The topological polar surface area (TPSA) is 76.6 Å². The average Bonchev–Trinajstić information content (AvgIpc) is 2.61. The molecule has 25 heavy (non-hydrogen) atoms. The largest absolute Gasteiger partial charge is 0.481 e. The second-order valence-corrected chi connectivity index (χ2v) is 5.98. The first kappa shape index (κ1) is 17.0. The first-order valence-corrected chi connectivity index (χ1v) is 8.20. The summed E-state index contributed by atoms with van der Waals surface area (Å²) >= 11 is 0. The number of carbonyl (C=O) groups excluding carboxylic acids is 1. The lowest BCUT2D eigenvalue weighted by molar-refractivity contribution is -0.115. The predicted octanol–water partition coefficient (Wildman–Crippen LogP) is 2.19. The van der Waals surface area contributed by atoms with Gasteiger partial charge in [-0.2, -0.15) is 9.97 Å². The summed E-state index contributed by atoms with van der Waals surface area (Å²) in [6.07, 6.45) is 2.08. The van der Waals surface area contributed by atoms with E-state index in [1.54, 1.807) is 6.07 Å². The number of fused-ring (bicyclic) bond motifs is 1. The number of carbonyl (C=O) groups is 1. The molecule has 1 N–H and O–H groups in total. The van der Waals surface area contributed by atoms with Crippen LogP contribution < -0.4 is 19.7 Å². The maximum atomic E-state index is 12.4. The van der Waals surface area contributed by atoms with Crippen molar-refractivity contribution in [3.05, 3.63) is 35.4 Å². The molecule has 0 saturated heterocycles. The summed E-state index contributed by atoms with van der Waals surface area (Å²) in [6.45, 7) is 3.18. The van der Waals surface area contributed by atoms with Gasteiger partial charge in [-0.05, 0) is 31.4 Å². The second kappa shape index (κ2) is 7.38. The van der Waals surface area contributed by atoms with Crippen LogP contribution in [0.4, 0.5) is 11.6 Å². The van der Waals surface area contributed by atoms with Crippen molar-refractivity contribution >= 4 is 17.5 Å². The number of rotatable bonds is 5. The molecule has 0 bridgehead atoms. The van der Waals surface area contributed by atoms with Gasteiger partial charge in [0.2, 0.25) is 23.6 Å². The number of aromatic nitrogens is 2. The number of ether oxygens (including phenoxy) is 2. The van der Waals surface area contributed by atoms with Crippen LogP contribution in [0.5, 0.6) is 11.8 Å². The van der Waals surface area contributed by atoms with Crippen LogP contribution in [-0.4, -0.2) is 43.2 Å². The summed E-state index contributed by atoms with van der Waals surface area (Å²) in [5.41, 5.74) is 3.65. The summed E-state index contributed by atoms with van der Waals surface area (Å²) in [4.78, 5) is 22.8. The zero-order valence-electron chi connectivity index (χ0n) is 14.7. The fourth-order valence-electron chi connectivity index (χ4n) is 2.97. The standard InChI is InChI=1S/C18H22N4O3/c1-12-6-7-14-13(9-12)5-4-8-22(14)11-15(23)19-18-20-16(24-2)10-17(21-18)25-3/h6-7,9-10H,4-5,8,11H2,1-3H3,(H,19,20,21,23). The normalized spacial score (nSPS) is 13.2. The highest BCUT2D eigenvalue weighted by Gasteiger charge is 2.20. The van der Waals surface area contributed by atoms with Crippen LogP contribution >= 0.6 is 0 Å². The number of hydrogen-bond acceptors (Lipinski definition) is 6. The van der Waals surface area contributed by atoms with Crippen molar-refractivity contribution in [1.82, 2.24) is 9.97 Å². The quantitative estimate of drug-likeness (QED) is 0.898. The molecule has 7 nitrogen and oxygen atoms in total. The zero-order chi connectivity index (χ0) is 17.8. The Balaban J connectivity index is 1.72. The number of methoxy groups -OCH3 is 2. The molecule has 7 heteroatoms. The maximum Gasteiger partial charge on any atom is 0.246 e. The van der Waals surface area contributed by atoms with Gasteiger partial charge < -0.3 is 14.4 Å². The van der Waals surface area contributed by atoms with Crippen molar-refractivity contribution < 1.29 is 14.3 Å². The van der Waals surface area contributed by atoms with Gasteiger partial charge in [0.15, 0.2) is 0 Å². The molecular formula is C18H22N4O3. The van der Waals surface area contributed by atoms with Crippen LogP contribution in [0.2, 0.25) is 0 Å². The van der Waals surface area contributed by atoms with Gasteiger partial charge in [-0.15, -0.1) is 0 Å². The minimum Gasteiger partial charge on any atom is -0.481 e. The van der Waals surface area contributed by atoms with E-state index in [2.05, 4.69) is 45.3 Å². The van der Waals surface area contributed by atoms with E-state index in [0.717, 1.165) is 25.1 Å². The SMILES string of the molecule is COc1cc(OC)nc(NC(=O)CN2CCCc3cc(C)ccc32)n1.